The molecule has 4 rings (SSSR count). The van der Waals surface area contributed by atoms with Gasteiger partial charge < -0.3 is 15.6 Å². The monoisotopic (exact) mass is 405 g/mol. The first kappa shape index (κ1) is 18.8. The second-order valence-corrected chi connectivity index (χ2v) is 7.37. The predicted molar refractivity (Wildman–Crippen MR) is 113 cm³/mol. The molecule has 2 aromatic heterocycles. The first-order valence-corrected chi connectivity index (χ1v) is 10.0. The van der Waals surface area contributed by atoms with Crippen molar-refractivity contribution < 1.29 is 9.59 Å². The summed E-state index contributed by atoms with van der Waals surface area (Å²) in [6, 6.07) is 17.2. The normalized spacial score (nSPS) is 10.8. The van der Waals surface area contributed by atoms with Crippen molar-refractivity contribution in [1.82, 2.24) is 20.3 Å². The van der Waals surface area contributed by atoms with Crippen LogP contribution in [0.25, 0.3) is 11.0 Å². The Morgan fingerprint density at radius 2 is 1.72 bits per heavy atom. The highest BCUT2D eigenvalue weighted by Crippen LogP contribution is 2.16. The molecule has 0 saturated carbocycles. The van der Waals surface area contributed by atoms with Crippen molar-refractivity contribution in [2.75, 3.05) is 5.32 Å². The van der Waals surface area contributed by atoms with Gasteiger partial charge in [-0.2, -0.15) is 0 Å². The molecule has 0 radical (unpaired) electrons. The molecule has 0 aliphatic heterocycles. The number of H-pyrrole nitrogens is 1. The number of thiazole rings is 1. The van der Waals surface area contributed by atoms with Gasteiger partial charge in [0.25, 0.3) is 0 Å². The zero-order chi connectivity index (χ0) is 20.1. The molecule has 2 aromatic carbocycles. The number of nitrogens with zero attached hydrogens (tertiary/aromatic N) is 2. The number of carbonyl (C=O) groups excluding carboxylic acids is 2. The van der Waals surface area contributed by atoms with Gasteiger partial charge in [0.2, 0.25) is 11.8 Å². The average Bonchev–Trinajstić information content (AvgIpc) is 3.33. The number of anilines is 1. The highest BCUT2D eigenvalue weighted by Gasteiger charge is 2.11. The third-order valence-electron chi connectivity index (χ3n) is 4.24. The van der Waals surface area contributed by atoms with Crippen LogP contribution in [0.3, 0.4) is 0 Å². The maximum Gasteiger partial charge on any atom is 0.230 e. The highest BCUT2D eigenvalue weighted by atomic mass is 32.1. The summed E-state index contributed by atoms with van der Waals surface area (Å²) in [6.45, 7) is 0.318. The number of benzene rings is 2. The topological polar surface area (TPSA) is 99.8 Å². The van der Waals surface area contributed by atoms with E-state index in [0.717, 1.165) is 16.6 Å². The van der Waals surface area contributed by atoms with Crippen molar-refractivity contribution in [3.8, 4) is 0 Å². The molecule has 0 fully saturated rings. The summed E-state index contributed by atoms with van der Waals surface area (Å²) in [5, 5.41) is 7.88. The van der Waals surface area contributed by atoms with Gasteiger partial charge in [0, 0.05) is 5.38 Å². The lowest BCUT2D eigenvalue weighted by molar-refractivity contribution is -0.120. The number of carbonyl (C=O) groups is 2. The molecule has 0 atom stereocenters. The van der Waals surface area contributed by atoms with Crippen LogP contribution < -0.4 is 10.6 Å². The molecule has 8 heteroatoms. The van der Waals surface area contributed by atoms with Crippen LogP contribution in [0.5, 0.6) is 0 Å². The fraction of sp³-hybridized carbons (Fsp3) is 0.143. The summed E-state index contributed by atoms with van der Waals surface area (Å²) in [7, 11) is 0. The maximum atomic E-state index is 12.2. The number of amides is 2. The molecule has 146 valence electrons. The Bertz CT molecular complexity index is 1100. The number of hydrogen-bond acceptors (Lipinski definition) is 5. The first-order chi connectivity index (χ1) is 14.2. The standard InChI is InChI=1S/C21H19N5O2S/c27-19(22-12-18-24-16-8-4-5-9-17(16)25-18)11-15-13-29-21(23-15)26-20(28)10-14-6-2-1-3-7-14/h1-9,13H,10-12H2,(H,22,27)(H,24,25)(H,23,26,28). The number of fused-ring (bicyclic) bond motifs is 1. The lowest BCUT2D eigenvalue weighted by atomic mass is 10.1. The average molecular weight is 405 g/mol. The highest BCUT2D eigenvalue weighted by molar-refractivity contribution is 7.13. The summed E-state index contributed by atoms with van der Waals surface area (Å²) >= 11 is 1.31. The Morgan fingerprint density at radius 3 is 2.55 bits per heavy atom. The molecule has 2 heterocycles. The van der Waals surface area contributed by atoms with Gasteiger partial charge in [-0.3, -0.25) is 9.59 Å². The van der Waals surface area contributed by atoms with E-state index in [9.17, 15) is 9.59 Å². The molecule has 29 heavy (non-hydrogen) atoms. The summed E-state index contributed by atoms with van der Waals surface area (Å²) < 4.78 is 0. The van der Waals surface area contributed by atoms with Crippen LogP contribution in [0.15, 0.2) is 60.0 Å². The van der Waals surface area contributed by atoms with Gasteiger partial charge in [-0.1, -0.05) is 42.5 Å². The van der Waals surface area contributed by atoms with Crippen LogP contribution in [0.4, 0.5) is 5.13 Å². The lowest BCUT2D eigenvalue weighted by Crippen LogP contribution is -2.25. The van der Waals surface area contributed by atoms with E-state index in [1.165, 1.54) is 11.3 Å². The zero-order valence-electron chi connectivity index (χ0n) is 15.5. The minimum absolute atomic E-state index is 0.133. The predicted octanol–water partition coefficient (Wildman–Crippen LogP) is 3.06. The van der Waals surface area contributed by atoms with Crippen LogP contribution >= 0.6 is 11.3 Å². The first-order valence-electron chi connectivity index (χ1n) is 9.14. The SMILES string of the molecule is O=C(Cc1csc(NC(=O)Cc2ccccc2)n1)NCc1nc2ccccc2[nH]1. The zero-order valence-corrected chi connectivity index (χ0v) is 16.3. The molecular formula is C21H19N5O2S. The van der Waals surface area contributed by atoms with Gasteiger partial charge in [0.15, 0.2) is 5.13 Å². The Hall–Kier alpha value is -3.52. The third kappa shape index (κ3) is 5.05. The summed E-state index contributed by atoms with van der Waals surface area (Å²) in [5.41, 5.74) is 3.36. The number of aromatic amines is 1. The summed E-state index contributed by atoms with van der Waals surface area (Å²) in [6.07, 6.45) is 0.430. The summed E-state index contributed by atoms with van der Waals surface area (Å²) in [4.78, 5) is 36.2. The van der Waals surface area contributed by atoms with Gasteiger partial charge in [-0.05, 0) is 17.7 Å². The molecule has 0 aliphatic carbocycles. The van der Waals surface area contributed by atoms with Crippen molar-refractivity contribution >= 4 is 39.3 Å². The van der Waals surface area contributed by atoms with Gasteiger partial charge in [-0.25, -0.2) is 9.97 Å². The van der Waals surface area contributed by atoms with Crippen LogP contribution in [0.1, 0.15) is 17.1 Å². The number of imidazole rings is 1. The van der Waals surface area contributed by atoms with Crippen molar-refractivity contribution in [2.24, 2.45) is 0 Å². The van der Waals surface area contributed by atoms with E-state index < -0.39 is 0 Å². The van der Waals surface area contributed by atoms with Crippen LogP contribution in [-0.4, -0.2) is 26.8 Å². The molecule has 2 amide bonds. The van der Waals surface area contributed by atoms with Gasteiger partial charge in [0.1, 0.15) is 5.82 Å². The van der Waals surface area contributed by atoms with E-state index in [-0.39, 0.29) is 24.7 Å². The van der Waals surface area contributed by atoms with E-state index >= 15 is 0 Å². The number of aromatic nitrogens is 3. The van der Waals surface area contributed by atoms with Crippen LogP contribution in [-0.2, 0) is 29.0 Å². The number of hydrogen-bond donors (Lipinski definition) is 3. The molecule has 0 bridgehead atoms. The molecule has 0 spiro atoms. The van der Waals surface area contributed by atoms with Gasteiger partial charge >= 0.3 is 0 Å². The van der Waals surface area contributed by atoms with Crippen molar-refractivity contribution in [3.63, 3.8) is 0 Å². The van der Waals surface area contributed by atoms with Gasteiger partial charge in [-0.15, -0.1) is 11.3 Å². The molecular weight excluding hydrogens is 386 g/mol. The Balaban J connectivity index is 1.27. The number of para-hydroxylation sites is 2. The molecule has 0 saturated heterocycles. The van der Waals surface area contributed by atoms with Gasteiger partial charge in [0.05, 0.1) is 36.1 Å². The van der Waals surface area contributed by atoms with Crippen molar-refractivity contribution in [1.29, 1.82) is 0 Å². The number of rotatable bonds is 7. The second kappa shape index (κ2) is 8.66. The Kier molecular flexibility index (Phi) is 5.62. The number of nitrogens with one attached hydrogen (secondary N) is 3. The molecule has 0 unspecified atom stereocenters. The molecule has 7 nitrogen and oxygen atoms in total. The van der Waals surface area contributed by atoms with Crippen LogP contribution in [0.2, 0.25) is 0 Å². The van der Waals surface area contributed by atoms with Crippen LogP contribution in [0, 0.1) is 0 Å². The fourth-order valence-electron chi connectivity index (χ4n) is 2.89. The minimum Gasteiger partial charge on any atom is -0.349 e. The Morgan fingerprint density at radius 1 is 0.931 bits per heavy atom. The smallest absolute Gasteiger partial charge is 0.230 e. The van der Waals surface area contributed by atoms with Crippen molar-refractivity contribution in [2.45, 2.75) is 19.4 Å². The Labute approximate surface area is 171 Å². The second-order valence-electron chi connectivity index (χ2n) is 6.51. The van der Waals surface area contributed by atoms with E-state index in [4.69, 9.17) is 0 Å². The lowest BCUT2D eigenvalue weighted by Gasteiger charge is -2.02. The van der Waals surface area contributed by atoms with Crippen molar-refractivity contribution in [3.05, 3.63) is 77.1 Å². The summed E-state index contributed by atoms with van der Waals surface area (Å²) in [5.74, 6) is 0.413. The fourth-order valence-corrected chi connectivity index (χ4v) is 3.62. The maximum absolute atomic E-state index is 12.2. The van der Waals surface area contributed by atoms with E-state index in [2.05, 4.69) is 25.6 Å². The van der Waals surface area contributed by atoms with E-state index in [1.807, 2.05) is 54.6 Å². The largest absolute Gasteiger partial charge is 0.349 e. The van der Waals surface area contributed by atoms with E-state index in [0.29, 0.717) is 23.2 Å². The molecule has 3 N–H and O–H groups in total. The third-order valence-corrected chi connectivity index (χ3v) is 5.05. The minimum atomic E-state index is -0.155. The van der Waals surface area contributed by atoms with E-state index in [1.54, 1.807) is 5.38 Å². The molecule has 0 aliphatic rings. The molecule has 4 aromatic rings. The quantitative estimate of drug-likeness (QED) is 0.440.